The first-order valence-electron chi connectivity index (χ1n) is 6.95. The summed E-state index contributed by atoms with van der Waals surface area (Å²) in [5, 5.41) is 4.58. The van der Waals surface area contributed by atoms with Gasteiger partial charge in [0.2, 0.25) is 0 Å². The Morgan fingerprint density at radius 1 is 1.26 bits per heavy atom. The summed E-state index contributed by atoms with van der Waals surface area (Å²) in [5.74, 6) is 0.872. The Morgan fingerprint density at radius 2 is 1.84 bits per heavy atom. The van der Waals surface area contributed by atoms with Crippen LogP contribution in [-0.4, -0.2) is 13.1 Å². The van der Waals surface area contributed by atoms with E-state index in [4.69, 9.17) is 23.2 Å². The topological polar surface area (TPSA) is 12.0 Å². The van der Waals surface area contributed by atoms with Crippen LogP contribution < -0.4 is 5.32 Å². The number of hydrogen-bond acceptors (Lipinski definition) is 1. The molecule has 1 aliphatic heterocycles. The Balaban J connectivity index is 0.000000303. The van der Waals surface area contributed by atoms with Gasteiger partial charge in [0, 0.05) is 0 Å². The van der Waals surface area contributed by atoms with E-state index < -0.39 is 0 Å². The molecule has 0 radical (unpaired) electrons. The zero-order chi connectivity index (χ0) is 14.5. The lowest BCUT2D eigenvalue weighted by atomic mass is 9.96. The summed E-state index contributed by atoms with van der Waals surface area (Å²) in [5.41, 5.74) is 0. The van der Waals surface area contributed by atoms with Gasteiger partial charge in [0.1, 0.15) is 0 Å². The monoisotopic (exact) mass is 301 g/mol. The van der Waals surface area contributed by atoms with Crippen molar-refractivity contribution in [3.8, 4) is 0 Å². The molecule has 1 fully saturated rings. The fourth-order valence-electron chi connectivity index (χ4n) is 1.80. The summed E-state index contributed by atoms with van der Waals surface area (Å²) in [6, 6.07) is 7.19. The first-order chi connectivity index (χ1) is 9.24. The number of allylic oxidation sites excluding steroid dienone is 1. The van der Waals surface area contributed by atoms with Crippen molar-refractivity contribution in [3.63, 3.8) is 0 Å². The van der Waals surface area contributed by atoms with Crippen LogP contribution in [0.1, 0.15) is 33.1 Å². The minimum Gasteiger partial charge on any atom is -0.316 e. The largest absolute Gasteiger partial charge is 0.316 e. The molecular formula is C16H25Cl2N. The van der Waals surface area contributed by atoms with E-state index in [0.717, 1.165) is 5.92 Å². The zero-order valence-corrected chi connectivity index (χ0v) is 13.5. The highest BCUT2D eigenvalue weighted by molar-refractivity contribution is 6.41. The Hall–Kier alpha value is -0.500. The molecule has 1 atom stereocenters. The SMILES string of the molecule is C=CCC1CCCNC1.CC.Clc1ccccc1Cl. The molecule has 1 aliphatic rings. The van der Waals surface area contributed by atoms with Crippen LogP contribution in [0.25, 0.3) is 0 Å². The molecule has 1 heterocycles. The van der Waals surface area contributed by atoms with Crippen molar-refractivity contribution >= 4 is 23.2 Å². The van der Waals surface area contributed by atoms with Gasteiger partial charge in [0.15, 0.2) is 0 Å². The second kappa shape index (κ2) is 12.5. The van der Waals surface area contributed by atoms with Gasteiger partial charge in [-0.15, -0.1) is 6.58 Å². The van der Waals surface area contributed by atoms with Crippen molar-refractivity contribution in [1.82, 2.24) is 5.32 Å². The van der Waals surface area contributed by atoms with E-state index in [0.29, 0.717) is 10.0 Å². The van der Waals surface area contributed by atoms with Crippen molar-refractivity contribution in [2.75, 3.05) is 13.1 Å². The van der Waals surface area contributed by atoms with Crippen molar-refractivity contribution in [3.05, 3.63) is 47.0 Å². The third kappa shape index (κ3) is 9.10. The standard InChI is InChI=1S/C8H15N.C6H4Cl2.C2H6/c1-2-4-8-5-3-6-9-7-8;7-5-3-1-2-4-6(5)8;1-2/h2,8-9H,1,3-7H2;1-4H;1-2H3. The molecule has 1 aromatic carbocycles. The van der Waals surface area contributed by atoms with E-state index >= 15 is 0 Å². The number of benzene rings is 1. The maximum Gasteiger partial charge on any atom is 0.0592 e. The highest BCUT2D eigenvalue weighted by Crippen LogP contribution is 2.19. The smallest absolute Gasteiger partial charge is 0.0592 e. The van der Waals surface area contributed by atoms with Gasteiger partial charge in [-0.05, 0) is 50.4 Å². The van der Waals surface area contributed by atoms with Gasteiger partial charge < -0.3 is 5.32 Å². The summed E-state index contributed by atoms with van der Waals surface area (Å²) < 4.78 is 0. The second-order valence-electron chi connectivity index (χ2n) is 4.15. The van der Waals surface area contributed by atoms with Crippen LogP contribution in [0.5, 0.6) is 0 Å². The van der Waals surface area contributed by atoms with Gasteiger partial charge in [-0.3, -0.25) is 0 Å². The predicted molar refractivity (Wildman–Crippen MR) is 88.2 cm³/mol. The number of rotatable bonds is 2. The summed E-state index contributed by atoms with van der Waals surface area (Å²) in [6.07, 6.45) is 5.95. The van der Waals surface area contributed by atoms with Crippen LogP contribution in [0.15, 0.2) is 36.9 Å². The van der Waals surface area contributed by atoms with E-state index in [1.165, 1.54) is 32.4 Å². The van der Waals surface area contributed by atoms with Crippen molar-refractivity contribution < 1.29 is 0 Å². The number of hydrogen-bond donors (Lipinski definition) is 1. The third-order valence-electron chi connectivity index (χ3n) is 2.72. The predicted octanol–water partition coefficient (Wildman–Crippen LogP) is 5.58. The van der Waals surface area contributed by atoms with Gasteiger partial charge in [0.05, 0.1) is 10.0 Å². The Labute approximate surface area is 128 Å². The van der Waals surface area contributed by atoms with Gasteiger partial charge in [0.25, 0.3) is 0 Å². The Bertz CT molecular complexity index is 312. The Kier molecular flexibility index (Phi) is 12.2. The molecule has 3 heteroatoms. The molecule has 1 unspecified atom stereocenters. The third-order valence-corrected chi connectivity index (χ3v) is 3.48. The maximum absolute atomic E-state index is 5.58. The average molecular weight is 302 g/mol. The van der Waals surface area contributed by atoms with Crippen LogP contribution in [-0.2, 0) is 0 Å². The van der Waals surface area contributed by atoms with Crippen LogP contribution >= 0.6 is 23.2 Å². The molecule has 0 amide bonds. The van der Waals surface area contributed by atoms with Crippen LogP contribution in [0, 0.1) is 5.92 Å². The molecular weight excluding hydrogens is 277 g/mol. The normalized spacial score (nSPS) is 17.4. The first kappa shape index (κ1) is 18.5. The quantitative estimate of drug-likeness (QED) is 0.703. The molecule has 0 aromatic heterocycles. The first-order valence-corrected chi connectivity index (χ1v) is 7.71. The highest BCUT2D eigenvalue weighted by atomic mass is 35.5. The molecule has 1 nitrogen and oxygen atoms in total. The van der Waals surface area contributed by atoms with Crippen molar-refractivity contribution in [2.24, 2.45) is 5.92 Å². The lowest BCUT2D eigenvalue weighted by Crippen LogP contribution is -2.29. The molecule has 1 aromatic rings. The molecule has 0 aliphatic carbocycles. The summed E-state index contributed by atoms with van der Waals surface area (Å²) in [7, 11) is 0. The summed E-state index contributed by atoms with van der Waals surface area (Å²) >= 11 is 11.2. The lowest BCUT2D eigenvalue weighted by Gasteiger charge is -2.20. The molecule has 0 saturated carbocycles. The molecule has 19 heavy (non-hydrogen) atoms. The van der Waals surface area contributed by atoms with Gasteiger partial charge >= 0.3 is 0 Å². The average Bonchev–Trinajstić information content (AvgIpc) is 2.47. The van der Waals surface area contributed by atoms with E-state index in [2.05, 4.69) is 11.9 Å². The molecule has 0 bridgehead atoms. The number of piperidine rings is 1. The van der Waals surface area contributed by atoms with Crippen LogP contribution in [0.4, 0.5) is 0 Å². The van der Waals surface area contributed by atoms with Gasteiger partial charge in [-0.1, -0.05) is 55.3 Å². The number of halogens is 2. The van der Waals surface area contributed by atoms with Gasteiger partial charge in [-0.2, -0.15) is 0 Å². The van der Waals surface area contributed by atoms with E-state index in [1.807, 2.05) is 32.1 Å². The lowest BCUT2D eigenvalue weighted by molar-refractivity contribution is 0.381. The van der Waals surface area contributed by atoms with E-state index in [-0.39, 0.29) is 0 Å². The fourth-order valence-corrected chi connectivity index (χ4v) is 2.07. The van der Waals surface area contributed by atoms with E-state index in [1.54, 1.807) is 12.1 Å². The second-order valence-corrected chi connectivity index (χ2v) is 4.97. The molecule has 0 spiro atoms. The van der Waals surface area contributed by atoms with Crippen LogP contribution in [0.2, 0.25) is 10.0 Å². The zero-order valence-electron chi connectivity index (χ0n) is 12.0. The van der Waals surface area contributed by atoms with Crippen molar-refractivity contribution in [1.29, 1.82) is 0 Å². The minimum atomic E-state index is 0.606. The van der Waals surface area contributed by atoms with E-state index in [9.17, 15) is 0 Å². The summed E-state index contributed by atoms with van der Waals surface area (Å²) in [4.78, 5) is 0. The Morgan fingerprint density at radius 3 is 2.21 bits per heavy atom. The van der Waals surface area contributed by atoms with Gasteiger partial charge in [-0.25, -0.2) is 0 Å². The molecule has 2 rings (SSSR count). The molecule has 1 N–H and O–H groups in total. The number of nitrogens with one attached hydrogen (secondary N) is 1. The molecule has 108 valence electrons. The summed E-state index contributed by atoms with van der Waals surface area (Å²) in [6.45, 7) is 10.1. The highest BCUT2D eigenvalue weighted by Gasteiger charge is 2.09. The minimum absolute atomic E-state index is 0.606. The van der Waals surface area contributed by atoms with Crippen LogP contribution in [0.3, 0.4) is 0 Å². The maximum atomic E-state index is 5.58. The molecule has 1 saturated heterocycles. The van der Waals surface area contributed by atoms with Crippen molar-refractivity contribution in [2.45, 2.75) is 33.1 Å². The fraction of sp³-hybridized carbons (Fsp3) is 0.500.